The molecule has 0 aliphatic heterocycles. The lowest BCUT2D eigenvalue weighted by Gasteiger charge is -2.05. The summed E-state index contributed by atoms with van der Waals surface area (Å²) in [6.45, 7) is 1.81. The van der Waals surface area contributed by atoms with Crippen molar-refractivity contribution in [3.63, 3.8) is 0 Å². The van der Waals surface area contributed by atoms with E-state index in [1.165, 1.54) is 0 Å². The predicted octanol–water partition coefficient (Wildman–Crippen LogP) is 4.55. The number of carbonyl (C=O) groups is 1. The summed E-state index contributed by atoms with van der Waals surface area (Å²) in [6, 6.07) is 11.0. The lowest BCUT2D eigenvalue weighted by atomic mass is 10.2. The van der Waals surface area contributed by atoms with Gasteiger partial charge in [-0.2, -0.15) is 0 Å². The standard InChI is InChI=1S/C16H13ClN2O2S/c1-10-13(19-16(21-10)14-7-4-8-22-14)9-15(20)18-12-6-3-2-5-11(12)17/h2-8H,9H2,1H3,(H,18,20). The Morgan fingerprint density at radius 3 is 2.86 bits per heavy atom. The van der Waals surface area contributed by atoms with E-state index in [0.29, 0.717) is 28.1 Å². The fourth-order valence-electron chi connectivity index (χ4n) is 2.01. The minimum atomic E-state index is -0.178. The SMILES string of the molecule is Cc1oc(-c2cccs2)nc1CC(=O)Nc1ccccc1Cl. The molecule has 0 unspecified atom stereocenters. The fraction of sp³-hybridized carbons (Fsp3) is 0.125. The number of nitrogens with zero attached hydrogens (tertiary/aromatic N) is 1. The van der Waals surface area contributed by atoms with Crippen LogP contribution in [0.1, 0.15) is 11.5 Å². The van der Waals surface area contributed by atoms with Crippen molar-refractivity contribution < 1.29 is 9.21 Å². The van der Waals surface area contributed by atoms with Gasteiger partial charge in [0.1, 0.15) is 5.76 Å². The number of benzene rings is 1. The summed E-state index contributed by atoms with van der Waals surface area (Å²) in [7, 11) is 0. The largest absolute Gasteiger partial charge is 0.440 e. The number of halogens is 1. The molecule has 112 valence electrons. The van der Waals surface area contributed by atoms with Gasteiger partial charge in [-0.05, 0) is 30.5 Å². The predicted molar refractivity (Wildman–Crippen MR) is 88.3 cm³/mol. The molecule has 3 rings (SSSR count). The monoisotopic (exact) mass is 332 g/mol. The van der Waals surface area contributed by atoms with E-state index in [1.54, 1.807) is 23.5 Å². The van der Waals surface area contributed by atoms with Gasteiger partial charge in [0.05, 0.1) is 27.7 Å². The summed E-state index contributed by atoms with van der Waals surface area (Å²) < 4.78 is 5.63. The van der Waals surface area contributed by atoms with Crippen LogP contribution in [0, 0.1) is 6.92 Å². The molecule has 0 saturated heterocycles. The maximum absolute atomic E-state index is 12.1. The summed E-state index contributed by atoms with van der Waals surface area (Å²) in [4.78, 5) is 17.5. The minimum absolute atomic E-state index is 0.145. The van der Waals surface area contributed by atoms with Crippen molar-refractivity contribution in [2.24, 2.45) is 0 Å². The Morgan fingerprint density at radius 2 is 2.14 bits per heavy atom. The van der Waals surface area contributed by atoms with Crippen molar-refractivity contribution in [1.29, 1.82) is 0 Å². The second kappa shape index (κ2) is 6.34. The van der Waals surface area contributed by atoms with Crippen LogP contribution >= 0.6 is 22.9 Å². The third-order valence-corrected chi connectivity index (χ3v) is 4.29. The van der Waals surface area contributed by atoms with E-state index in [-0.39, 0.29) is 12.3 Å². The van der Waals surface area contributed by atoms with Crippen LogP contribution in [0.4, 0.5) is 5.69 Å². The molecule has 2 heterocycles. The molecule has 0 saturated carbocycles. The molecule has 0 spiro atoms. The van der Waals surface area contributed by atoms with E-state index < -0.39 is 0 Å². The topological polar surface area (TPSA) is 55.1 Å². The van der Waals surface area contributed by atoms with Crippen LogP contribution < -0.4 is 5.32 Å². The average Bonchev–Trinajstić information content (AvgIpc) is 3.12. The number of rotatable bonds is 4. The Kier molecular flexibility index (Phi) is 4.27. The highest BCUT2D eigenvalue weighted by atomic mass is 35.5. The normalized spacial score (nSPS) is 10.6. The zero-order chi connectivity index (χ0) is 15.5. The van der Waals surface area contributed by atoms with Gasteiger partial charge in [-0.1, -0.05) is 29.8 Å². The molecule has 0 aliphatic carbocycles. The first-order chi connectivity index (χ1) is 10.6. The summed E-state index contributed by atoms with van der Waals surface area (Å²) in [5.41, 5.74) is 1.22. The first-order valence-electron chi connectivity index (χ1n) is 6.68. The molecule has 1 N–H and O–H groups in total. The van der Waals surface area contributed by atoms with Gasteiger partial charge < -0.3 is 9.73 Å². The van der Waals surface area contributed by atoms with Gasteiger partial charge in [-0.3, -0.25) is 4.79 Å². The third-order valence-electron chi connectivity index (χ3n) is 3.10. The number of anilines is 1. The molecule has 0 fully saturated rings. The van der Waals surface area contributed by atoms with Crippen molar-refractivity contribution in [1.82, 2.24) is 4.98 Å². The molecule has 1 amide bonds. The lowest BCUT2D eigenvalue weighted by molar-refractivity contribution is -0.115. The van der Waals surface area contributed by atoms with Gasteiger partial charge in [-0.15, -0.1) is 11.3 Å². The molecule has 1 aromatic carbocycles. The molecular formula is C16H13ClN2O2S. The van der Waals surface area contributed by atoms with Crippen LogP contribution in [-0.4, -0.2) is 10.9 Å². The highest BCUT2D eigenvalue weighted by Gasteiger charge is 2.15. The zero-order valence-electron chi connectivity index (χ0n) is 11.8. The Balaban J connectivity index is 1.73. The molecule has 0 bridgehead atoms. The van der Waals surface area contributed by atoms with Crippen LogP contribution in [0.3, 0.4) is 0 Å². The number of aryl methyl sites for hydroxylation is 1. The van der Waals surface area contributed by atoms with Crippen LogP contribution in [0.2, 0.25) is 5.02 Å². The van der Waals surface area contributed by atoms with Gasteiger partial charge in [0.2, 0.25) is 11.8 Å². The quantitative estimate of drug-likeness (QED) is 0.762. The maximum Gasteiger partial charge on any atom is 0.236 e. The summed E-state index contributed by atoms with van der Waals surface area (Å²) in [5.74, 6) is 1.02. The number of hydrogen-bond donors (Lipinski definition) is 1. The van der Waals surface area contributed by atoms with Crippen molar-refractivity contribution in [3.8, 4) is 10.8 Å². The number of oxazole rings is 1. The zero-order valence-corrected chi connectivity index (χ0v) is 13.4. The van der Waals surface area contributed by atoms with Gasteiger partial charge in [0, 0.05) is 0 Å². The molecule has 0 aliphatic rings. The van der Waals surface area contributed by atoms with Crippen molar-refractivity contribution in [2.75, 3.05) is 5.32 Å². The van der Waals surface area contributed by atoms with E-state index >= 15 is 0 Å². The van der Waals surface area contributed by atoms with Crippen LogP contribution in [0.15, 0.2) is 46.2 Å². The molecule has 0 radical (unpaired) electrons. The van der Waals surface area contributed by atoms with E-state index in [1.807, 2.05) is 36.6 Å². The van der Waals surface area contributed by atoms with Crippen molar-refractivity contribution in [3.05, 3.63) is 58.3 Å². The number of amides is 1. The average molecular weight is 333 g/mol. The Hall–Kier alpha value is -2.11. The van der Waals surface area contributed by atoms with Crippen LogP contribution in [0.5, 0.6) is 0 Å². The highest BCUT2D eigenvalue weighted by molar-refractivity contribution is 7.13. The molecule has 6 heteroatoms. The molecule has 4 nitrogen and oxygen atoms in total. The van der Waals surface area contributed by atoms with Crippen LogP contribution in [0.25, 0.3) is 10.8 Å². The number of thiophene rings is 1. The Bertz CT molecular complexity index is 796. The summed E-state index contributed by atoms with van der Waals surface area (Å²) >= 11 is 7.57. The first-order valence-corrected chi connectivity index (χ1v) is 7.94. The third kappa shape index (κ3) is 3.21. The second-order valence-corrected chi connectivity index (χ2v) is 6.06. The Labute approximate surface area is 136 Å². The lowest BCUT2D eigenvalue weighted by Crippen LogP contribution is -2.15. The van der Waals surface area contributed by atoms with E-state index in [0.717, 1.165) is 4.88 Å². The molecule has 3 aromatic rings. The van der Waals surface area contributed by atoms with Gasteiger partial charge >= 0.3 is 0 Å². The van der Waals surface area contributed by atoms with E-state index in [9.17, 15) is 4.79 Å². The van der Waals surface area contributed by atoms with Gasteiger partial charge in [0.15, 0.2) is 0 Å². The van der Waals surface area contributed by atoms with Crippen molar-refractivity contribution >= 4 is 34.5 Å². The second-order valence-electron chi connectivity index (χ2n) is 4.70. The van der Waals surface area contributed by atoms with Crippen molar-refractivity contribution in [2.45, 2.75) is 13.3 Å². The molecule has 22 heavy (non-hydrogen) atoms. The molecular weight excluding hydrogens is 320 g/mol. The summed E-state index contributed by atoms with van der Waals surface area (Å²) in [6.07, 6.45) is 0.145. The van der Waals surface area contributed by atoms with Gasteiger partial charge in [-0.25, -0.2) is 4.98 Å². The number of aromatic nitrogens is 1. The first kappa shape index (κ1) is 14.8. The smallest absolute Gasteiger partial charge is 0.236 e. The van der Waals surface area contributed by atoms with Gasteiger partial charge in [0.25, 0.3) is 0 Å². The summed E-state index contributed by atoms with van der Waals surface area (Å²) in [5, 5.41) is 5.24. The number of para-hydroxylation sites is 1. The van der Waals surface area contributed by atoms with Crippen LogP contribution in [-0.2, 0) is 11.2 Å². The number of carbonyl (C=O) groups excluding carboxylic acids is 1. The highest BCUT2D eigenvalue weighted by Crippen LogP contribution is 2.26. The Morgan fingerprint density at radius 1 is 1.32 bits per heavy atom. The molecule has 2 aromatic heterocycles. The maximum atomic E-state index is 12.1. The van der Waals surface area contributed by atoms with E-state index in [4.69, 9.17) is 16.0 Å². The number of nitrogens with one attached hydrogen (secondary N) is 1. The number of hydrogen-bond acceptors (Lipinski definition) is 4. The minimum Gasteiger partial charge on any atom is -0.440 e. The fourth-order valence-corrected chi connectivity index (χ4v) is 2.84. The molecule has 0 atom stereocenters. The van der Waals surface area contributed by atoms with E-state index in [2.05, 4.69) is 10.3 Å².